The van der Waals surface area contributed by atoms with Gasteiger partial charge in [0.25, 0.3) is 0 Å². The minimum atomic E-state index is 0.306. The number of unbranched alkanes of at least 4 members (excludes halogenated alkanes) is 4. The topological polar surface area (TPSA) is 47.0 Å². The van der Waals surface area contributed by atoms with E-state index in [-0.39, 0.29) is 0 Å². The quantitative estimate of drug-likeness (QED) is 0.646. The van der Waals surface area contributed by atoms with E-state index in [9.17, 15) is 0 Å². The van der Waals surface area contributed by atoms with Crippen molar-refractivity contribution in [3.05, 3.63) is 11.9 Å². The van der Waals surface area contributed by atoms with Gasteiger partial charge in [0, 0.05) is 18.5 Å². The zero-order valence-corrected chi connectivity index (χ0v) is 13.4. The van der Waals surface area contributed by atoms with E-state index in [1.54, 1.807) is 0 Å². The van der Waals surface area contributed by atoms with Crippen LogP contribution in [0.15, 0.2) is 6.07 Å². The third-order valence-electron chi connectivity index (χ3n) is 3.09. The fourth-order valence-corrected chi connectivity index (χ4v) is 1.93. The molecule has 0 unspecified atom stereocenters. The Morgan fingerprint density at radius 1 is 1.10 bits per heavy atom. The summed E-state index contributed by atoms with van der Waals surface area (Å²) in [5.74, 6) is 2.69. The maximum atomic E-state index is 5.77. The maximum Gasteiger partial charge on any atom is 0.218 e. The lowest BCUT2D eigenvalue weighted by Crippen LogP contribution is -2.07. The molecule has 0 aromatic carbocycles. The molecular weight excluding hydrogens is 250 g/mol. The molecule has 1 aromatic heterocycles. The smallest absolute Gasteiger partial charge is 0.218 e. The predicted octanol–water partition coefficient (Wildman–Crippen LogP) is 4.38. The van der Waals surface area contributed by atoms with Gasteiger partial charge in [-0.3, -0.25) is 0 Å². The molecule has 4 nitrogen and oxygen atoms in total. The number of anilines is 1. The maximum absolute atomic E-state index is 5.77. The number of aromatic nitrogens is 2. The van der Waals surface area contributed by atoms with Crippen LogP contribution in [0, 0.1) is 0 Å². The van der Waals surface area contributed by atoms with E-state index in [0.717, 1.165) is 31.2 Å². The average Bonchev–Trinajstić information content (AvgIpc) is 2.43. The van der Waals surface area contributed by atoms with Crippen LogP contribution in [0.3, 0.4) is 0 Å². The van der Waals surface area contributed by atoms with E-state index in [4.69, 9.17) is 4.74 Å². The Balaban J connectivity index is 2.50. The number of rotatable bonds is 10. The lowest BCUT2D eigenvalue weighted by atomic mass is 10.2. The number of hydrogen-bond acceptors (Lipinski definition) is 4. The Bertz CT molecular complexity index is 380. The summed E-state index contributed by atoms with van der Waals surface area (Å²) in [5, 5.41) is 3.23. The van der Waals surface area contributed by atoms with Crippen molar-refractivity contribution in [3.63, 3.8) is 0 Å². The SMILES string of the molecule is CCCCCCCOc1cc(NCC)nc(C(C)C)n1. The van der Waals surface area contributed by atoms with Crippen molar-refractivity contribution in [1.29, 1.82) is 0 Å². The number of ether oxygens (including phenoxy) is 1. The van der Waals surface area contributed by atoms with Gasteiger partial charge in [0.2, 0.25) is 5.88 Å². The van der Waals surface area contributed by atoms with Gasteiger partial charge in [0.05, 0.1) is 6.61 Å². The summed E-state index contributed by atoms with van der Waals surface area (Å²) in [6.45, 7) is 10.1. The first-order valence-electron chi connectivity index (χ1n) is 7.93. The highest BCUT2D eigenvalue weighted by Crippen LogP contribution is 2.18. The molecule has 0 fully saturated rings. The summed E-state index contributed by atoms with van der Waals surface area (Å²) in [6.07, 6.45) is 6.21. The molecule has 1 rings (SSSR count). The monoisotopic (exact) mass is 279 g/mol. The van der Waals surface area contributed by atoms with Crippen molar-refractivity contribution >= 4 is 5.82 Å². The van der Waals surface area contributed by atoms with Gasteiger partial charge in [-0.25, -0.2) is 4.98 Å². The fraction of sp³-hybridized carbons (Fsp3) is 0.750. The summed E-state index contributed by atoms with van der Waals surface area (Å²) >= 11 is 0. The third kappa shape index (κ3) is 6.22. The number of hydrogen-bond donors (Lipinski definition) is 1. The first kappa shape index (κ1) is 16.7. The van der Waals surface area contributed by atoms with E-state index in [2.05, 4.69) is 43.0 Å². The van der Waals surface area contributed by atoms with E-state index < -0.39 is 0 Å². The molecule has 0 radical (unpaired) electrons. The molecule has 4 heteroatoms. The largest absolute Gasteiger partial charge is 0.478 e. The summed E-state index contributed by atoms with van der Waals surface area (Å²) < 4.78 is 5.77. The van der Waals surface area contributed by atoms with Crippen LogP contribution in [-0.4, -0.2) is 23.1 Å². The van der Waals surface area contributed by atoms with E-state index in [1.165, 1.54) is 25.7 Å². The standard InChI is InChI=1S/C16H29N3O/c1-5-7-8-9-10-11-20-15-12-14(17-6-2)18-16(19-15)13(3)4/h12-13H,5-11H2,1-4H3,(H,17,18,19). The highest BCUT2D eigenvalue weighted by molar-refractivity contribution is 5.38. The second kappa shape index (κ2) is 9.56. The average molecular weight is 279 g/mol. The molecule has 0 aliphatic rings. The van der Waals surface area contributed by atoms with Gasteiger partial charge in [-0.15, -0.1) is 0 Å². The molecule has 0 saturated heterocycles. The molecule has 0 spiro atoms. The Morgan fingerprint density at radius 2 is 1.85 bits per heavy atom. The van der Waals surface area contributed by atoms with Gasteiger partial charge < -0.3 is 10.1 Å². The van der Waals surface area contributed by atoms with E-state index >= 15 is 0 Å². The molecule has 0 saturated carbocycles. The lowest BCUT2D eigenvalue weighted by molar-refractivity contribution is 0.291. The highest BCUT2D eigenvalue weighted by Gasteiger charge is 2.08. The lowest BCUT2D eigenvalue weighted by Gasteiger charge is -2.11. The molecule has 1 heterocycles. The van der Waals surface area contributed by atoms with Gasteiger partial charge in [-0.2, -0.15) is 4.98 Å². The molecular formula is C16H29N3O. The van der Waals surface area contributed by atoms with Crippen molar-refractivity contribution in [3.8, 4) is 5.88 Å². The number of nitrogens with zero attached hydrogens (tertiary/aromatic N) is 2. The Labute approximate surface area is 123 Å². The Hall–Kier alpha value is -1.32. The second-order valence-corrected chi connectivity index (χ2v) is 5.40. The van der Waals surface area contributed by atoms with Crippen molar-refractivity contribution in [2.45, 2.75) is 65.7 Å². The molecule has 1 aromatic rings. The van der Waals surface area contributed by atoms with Gasteiger partial charge in [-0.1, -0.05) is 46.5 Å². The van der Waals surface area contributed by atoms with Gasteiger partial charge >= 0.3 is 0 Å². The second-order valence-electron chi connectivity index (χ2n) is 5.40. The van der Waals surface area contributed by atoms with Crippen molar-refractivity contribution < 1.29 is 4.74 Å². The van der Waals surface area contributed by atoms with E-state index in [1.807, 2.05) is 6.07 Å². The van der Waals surface area contributed by atoms with Crippen LogP contribution < -0.4 is 10.1 Å². The Kier molecular flexibility index (Phi) is 8.00. The summed E-state index contributed by atoms with van der Waals surface area (Å²) in [5.41, 5.74) is 0. The fourth-order valence-electron chi connectivity index (χ4n) is 1.93. The first-order chi connectivity index (χ1) is 9.67. The van der Waals surface area contributed by atoms with E-state index in [0.29, 0.717) is 11.8 Å². The van der Waals surface area contributed by atoms with Crippen molar-refractivity contribution in [2.24, 2.45) is 0 Å². The third-order valence-corrected chi connectivity index (χ3v) is 3.09. The Morgan fingerprint density at radius 3 is 2.50 bits per heavy atom. The van der Waals surface area contributed by atoms with Crippen molar-refractivity contribution in [1.82, 2.24) is 9.97 Å². The van der Waals surface area contributed by atoms with Crippen LogP contribution in [-0.2, 0) is 0 Å². The van der Waals surface area contributed by atoms with Gasteiger partial charge in [0.1, 0.15) is 11.6 Å². The zero-order valence-electron chi connectivity index (χ0n) is 13.4. The van der Waals surface area contributed by atoms with Crippen LogP contribution in [0.25, 0.3) is 0 Å². The zero-order chi connectivity index (χ0) is 14.8. The van der Waals surface area contributed by atoms with Crippen LogP contribution in [0.1, 0.15) is 71.5 Å². The molecule has 20 heavy (non-hydrogen) atoms. The summed E-state index contributed by atoms with van der Waals surface area (Å²) in [4.78, 5) is 8.96. The highest BCUT2D eigenvalue weighted by atomic mass is 16.5. The summed E-state index contributed by atoms with van der Waals surface area (Å²) in [6, 6.07) is 1.89. The van der Waals surface area contributed by atoms with Gasteiger partial charge in [0.15, 0.2) is 0 Å². The number of nitrogens with one attached hydrogen (secondary N) is 1. The van der Waals surface area contributed by atoms with Crippen LogP contribution in [0.5, 0.6) is 5.88 Å². The van der Waals surface area contributed by atoms with Crippen molar-refractivity contribution in [2.75, 3.05) is 18.5 Å². The van der Waals surface area contributed by atoms with Crippen LogP contribution in [0.4, 0.5) is 5.82 Å². The minimum absolute atomic E-state index is 0.306. The molecule has 0 aliphatic carbocycles. The molecule has 0 aliphatic heterocycles. The molecule has 0 bridgehead atoms. The summed E-state index contributed by atoms with van der Waals surface area (Å²) in [7, 11) is 0. The van der Waals surface area contributed by atoms with Gasteiger partial charge in [-0.05, 0) is 13.3 Å². The first-order valence-corrected chi connectivity index (χ1v) is 7.93. The molecule has 114 valence electrons. The normalized spacial score (nSPS) is 10.8. The predicted molar refractivity (Wildman–Crippen MR) is 84.5 cm³/mol. The molecule has 1 N–H and O–H groups in total. The minimum Gasteiger partial charge on any atom is -0.478 e. The van der Waals surface area contributed by atoms with Crippen LogP contribution >= 0.6 is 0 Å². The molecule has 0 atom stereocenters. The van der Waals surface area contributed by atoms with Crippen LogP contribution in [0.2, 0.25) is 0 Å². The molecule has 0 amide bonds.